The number of amides is 1. The van der Waals surface area contributed by atoms with Gasteiger partial charge in [0.05, 0.1) is 16.5 Å². The number of aryl methyl sites for hydroxylation is 1. The van der Waals surface area contributed by atoms with Crippen molar-refractivity contribution in [1.29, 1.82) is 0 Å². The predicted molar refractivity (Wildman–Crippen MR) is 60.3 cm³/mol. The number of carbonyl (C=O) groups is 1. The Kier molecular flexibility index (Phi) is 3.45. The highest BCUT2D eigenvalue weighted by molar-refractivity contribution is 6.21. The Morgan fingerprint density at radius 1 is 1.60 bits per heavy atom. The van der Waals surface area contributed by atoms with Crippen molar-refractivity contribution in [2.45, 2.75) is 38.6 Å². The van der Waals surface area contributed by atoms with E-state index in [0.29, 0.717) is 5.56 Å². The summed E-state index contributed by atoms with van der Waals surface area (Å²) in [6.07, 6.45) is 1.44. The van der Waals surface area contributed by atoms with Crippen molar-refractivity contribution < 1.29 is 9.21 Å². The number of rotatable bonds is 3. The van der Waals surface area contributed by atoms with Crippen molar-refractivity contribution in [2.24, 2.45) is 0 Å². The Labute approximate surface area is 94.8 Å². The first-order chi connectivity index (χ1) is 6.83. The molecule has 3 nitrogen and oxygen atoms in total. The average Bonchev–Trinajstić information content (AvgIpc) is 2.50. The molecule has 4 heteroatoms. The van der Waals surface area contributed by atoms with Crippen LogP contribution in [0, 0.1) is 6.92 Å². The van der Waals surface area contributed by atoms with Crippen LogP contribution in [0.25, 0.3) is 0 Å². The molecule has 0 fully saturated rings. The molecule has 84 valence electrons. The number of nitrogens with one attached hydrogen (secondary N) is 1. The fourth-order valence-corrected chi connectivity index (χ4v) is 1.08. The summed E-state index contributed by atoms with van der Waals surface area (Å²) in [6, 6.07) is 1.70. The summed E-state index contributed by atoms with van der Waals surface area (Å²) in [6.45, 7) is 7.42. The predicted octanol–water partition coefficient (Wildman–Crippen LogP) is 2.72. The lowest BCUT2D eigenvalue weighted by Gasteiger charge is -2.28. The Hall–Kier alpha value is -0.960. The van der Waals surface area contributed by atoms with Gasteiger partial charge in [-0.05, 0) is 33.8 Å². The van der Waals surface area contributed by atoms with Gasteiger partial charge in [-0.2, -0.15) is 0 Å². The van der Waals surface area contributed by atoms with Crippen LogP contribution < -0.4 is 5.32 Å². The van der Waals surface area contributed by atoms with Crippen molar-refractivity contribution in [3.05, 3.63) is 23.7 Å². The van der Waals surface area contributed by atoms with E-state index in [2.05, 4.69) is 5.32 Å². The van der Waals surface area contributed by atoms with Crippen molar-refractivity contribution in [2.75, 3.05) is 0 Å². The molecule has 1 aromatic rings. The van der Waals surface area contributed by atoms with Crippen molar-refractivity contribution >= 4 is 17.5 Å². The van der Waals surface area contributed by atoms with E-state index in [1.54, 1.807) is 13.0 Å². The number of hydrogen-bond donors (Lipinski definition) is 1. The van der Waals surface area contributed by atoms with E-state index in [9.17, 15) is 4.79 Å². The van der Waals surface area contributed by atoms with E-state index in [1.807, 2.05) is 20.8 Å². The molecule has 1 atom stereocenters. The lowest BCUT2D eigenvalue weighted by molar-refractivity contribution is 0.0912. The summed E-state index contributed by atoms with van der Waals surface area (Å²) in [5, 5.41) is 2.71. The van der Waals surface area contributed by atoms with Gasteiger partial charge in [-0.3, -0.25) is 4.79 Å². The third-order valence-corrected chi connectivity index (χ3v) is 2.97. The van der Waals surface area contributed by atoms with Gasteiger partial charge in [0.25, 0.3) is 5.91 Å². The topological polar surface area (TPSA) is 42.2 Å². The molecular weight excluding hydrogens is 214 g/mol. The molecule has 0 spiro atoms. The molecule has 1 amide bonds. The maximum Gasteiger partial charge on any atom is 0.255 e. The smallest absolute Gasteiger partial charge is 0.255 e. The SMILES string of the molecule is Cc1cc(C(=O)NC(C)(C)C(C)Cl)co1. The van der Waals surface area contributed by atoms with E-state index in [1.165, 1.54) is 6.26 Å². The van der Waals surface area contributed by atoms with Crippen molar-refractivity contribution in [3.63, 3.8) is 0 Å². The zero-order valence-electron chi connectivity index (χ0n) is 9.43. The summed E-state index contributed by atoms with van der Waals surface area (Å²) < 4.78 is 5.07. The molecule has 1 N–H and O–H groups in total. The molecule has 0 aliphatic carbocycles. The number of furan rings is 1. The number of hydrogen-bond acceptors (Lipinski definition) is 2. The van der Waals surface area contributed by atoms with Gasteiger partial charge in [0, 0.05) is 0 Å². The summed E-state index contributed by atoms with van der Waals surface area (Å²) in [5.41, 5.74) is 0.0852. The normalized spacial score (nSPS) is 13.7. The molecule has 15 heavy (non-hydrogen) atoms. The third-order valence-electron chi connectivity index (χ3n) is 2.42. The van der Waals surface area contributed by atoms with Crippen LogP contribution in [0.3, 0.4) is 0 Å². The van der Waals surface area contributed by atoms with Gasteiger partial charge in [0.2, 0.25) is 0 Å². The van der Waals surface area contributed by atoms with Gasteiger partial charge in [-0.25, -0.2) is 0 Å². The first-order valence-electron chi connectivity index (χ1n) is 4.84. The molecular formula is C11H16ClNO2. The highest BCUT2D eigenvalue weighted by Crippen LogP contribution is 2.16. The summed E-state index contributed by atoms with van der Waals surface area (Å²) >= 11 is 5.97. The Balaban J connectivity index is 2.72. The second kappa shape index (κ2) is 4.27. The van der Waals surface area contributed by atoms with Crippen LogP contribution in [0.1, 0.15) is 36.9 Å². The molecule has 0 bridgehead atoms. The van der Waals surface area contributed by atoms with Crippen LogP contribution in [0.2, 0.25) is 0 Å². The molecule has 0 saturated heterocycles. The minimum atomic E-state index is -0.441. The van der Waals surface area contributed by atoms with Crippen LogP contribution in [0.5, 0.6) is 0 Å². The molecule has 0 aliphatic heterocycles. The maximum absolute atomic E-state index is 11.7. The average molecular weight is 230 g/mol. The summed E-state index contributed by atoms with van der Waals surface area (Å²) in [5.74, 6) is 0.557. The largest absolute Gasteiger partial charge is 0.469 e. The Morgan fingerprint density at radius 3 is 2.60 bits per heavy atom. The van der Waals surface area contributed by atoms with Crippen LogP contribution in [0.4, 0.5) is 0 Å². The fraction of sp³-hybridized carbons (Fsp3) is 0.545. The number of halogens is 1. The first-order valence-corrected chi connectivity index (χ1v) is 5.28. The zero-order valence-corrected chi connectivity index (χ0v) is 10.2. The van der Waals surface area contributed by atoms with Gasteiger partial charge in [-0.1, -0.05) is 0 Å². The van der Waals surface area contributed by atoms with Gasteiger partial charge in [-0.15, -0.1) is 11.6 Å². The number of alkyl halides is 1. The molecule has 1 rings (SSSR count). The van der Waals surface area contributed by atoms with Crippen LogP contribution in [-0.4, -0.2) is 16.8 Å². The lowest BCUT2D eigenvalue weighted by atomic mass is 10.0. The van der Waals surface area contributed by atoms with Gasteiger partial charge >= 0.3 is 0 Å². The second-order valence-corrected chi connectivity index (χ2v) is 4.89. The quantitative estimate of drug-likeness (QED) is 0.810. The monoisotopic (exact) mass is 229 g/mol. The van der Waals surface area contributed by atoms with E-state index in [-0.39, 0.29) is 11.3 Å². The van der Waals surface area contributed by atoms with E-state index < -0.39 is 5.54 Å². The minimum absolute atomic E-state index is 0.144. The van der Waals surface area contributed by atoms with E-state index in [0.717, 1.165) is 5.76 Å². The van der Waals surface area contributed by atoms with Gasteiger partial charge < -0.3 is 9.73 Å². The maximum atomic E-state index is 11.7. The molecule has 1 aromatic heterocycles. The highest BCUT2D eigenvalue weighted by Gasteiger charge is 2.26. The van der Waals surface area contributed by atoms with Crippen molar-refractivity contribution in [3.8, 4) is 0 Å². The van der Waals surface area contributed by atoms with Crippen molar-refractivity contribution in [1.82, 2.24) is 5.32 Å². The van der Waals surface area contributed by atoms with E-state index >= 15 is 0 Å². The standard InChI is InChI=1S/C11H16ClNO2/c1-7-5-9(6-15-7)10(14)13-11(3,4)8(2)12/h5-6,8H,1-4H3,(H,13,14). The molecule has 0 aliphatic rings. The third kappa shape index (κ3) is 2.99. The Morgan fingerprint density at radius 2 is 2.20 bits per heavy atom. The van der Waals surface area contributed by atoms with E-state index in [4.69, 9.17) is 16.0 Å². The Bertz CT molecular complexity index is 355. The number of carbonyl (C=O) groups excluding carboxylic acids is 1. The summed E-state index contributed by atoms with van der Waals surface area (Å²) in [4.78, 5) is 11.7. The first kappa shape index (κ1) is 12.1. The van der Waals surface area contributed by atoms with Crippen LogP contribution in [-0.2, 0) is 0 Å². The van der Waals surface area contributed by atoms with Crippen LogP contribution >= 0.6 is 11.6 Å². The molecule has 0 aromatic carbocycles. The lowest BCUT2D eigenvalue weighted by Crippen LogP contribution is -2.48. The summed E-state index contributed by atoms with van der Waals surface area (Å²) in [7, 11) is 0. The molecule has 1 unspecified atom stereocenters. The molecule has 0 saturated carbocycles. The van der Waals surface area contributed by atoms with Gasteiger partial charge in [0.15, 0.2) is 0 Å². The minimum Gasteiger partial charge on any atom is -0.469 e. The molecule has 0 radical (unpaired) electrons. The highest BCUT2D eigenvalue weighted by atomic mass is 35.5. The second-order valence-electron chi connectivity index (χ2n) is 4.24. The zero-order chi connectivity index (χ0) is 11.6. The van der Waals surface area contributed by atoms with Crippen LogP contribution in [0.15, 0.2) is 16.7 Å². The molecule has 1 heterocycles. The fourth-order valence-electron chi connectivity index (χ4n) is 1.03. The van der Waals surface area contributed by atoms with Gasteiger partial charge in [0.1, 0.15) is 12.0 Å².